The van der Waals surface area contributed by atoms with E-state index in [0.717, 1.165) is 0 Å². The van der Waals surface area contributed by atoms with E-state index in [-0.39, 0.29) is 24.1 Å². The van der Waals surface area contributed by atoms with E-state index in [9.17, 15) is 14.4 Å². The number of nitrogens with one attached hydrogen (secondary N) is 3. The molecule has 0 aliphatic carbocycles. The van der Waals surface area contributed by atoms with Crippen molar-refractivity contribution in [1.82, 2.24) is 5.43 Å². The molecule has 3 amide bonds. The Morgan fingerprint density at radius 1 is 1.00 bits per heavy atom. The third kappa shape index (κ3) is 6.17. The maximum Gasteiger partial charge on any atom is 0.239 e. The first-order valence-electron chi connectivity index (χ1n) is 6.90. The summed E-state index contributed by atoms with van der Waals surface area (Å²) in [5, 5.41) is 9.17. The molecule has 1 aromatic carbocycles. The quantitative estimate of drug-likeness (QED) is 0.552. The van der Waals surface area contributed by atoms with Crippen molar-refractivity contribution >= 4 is 34.8 Å². The molecule has 0 aromatic heterocycles. The van der Waals surface area contributed by atoms with Crippen molar-refractivity contribution < 1.29 is 14.4 Å². The number of hydrogen-bond acceptors (Lipinski definition) is 4. The Balaban J connectivity index is 2.65. The Hall–Kier alpha value is -2.70. The first-order chi connectivity index (χ1) is 10.4. The van der Waals surface area contributed by atoms with Crippen LogP contribution in [-0.2, 0) is 14.4 Å². The Morgan fingerprint density at radius 2 is 1.59 bits per heavy atom. The van der Waals surface area contributed by atoms with Gasteiger partial charge in [-0.15, -0.1) is 0 Å². The zero-order chi connectivity index (χ0) is 16.5. The van der Waals surface area contributed by atoms with E-state index >= 15 is 0 Å². The van der Waals surface area contributed by atoms with Gasteiger partial charge >= 0.3 is 0 Å². The third-order valence-corrected chi connectivity index (χ3v) is 2.62. The highest BCUT2D eigenvalue weighted by molar-refractivity contribution is 6.07. The molecule has 0 spiro atoms. The molecule has 0 saturated heterocycles. The number of amides is 3. The van der Waals surface area contributed by atoms with Gasteiger partial charge in [0.15, 0.2) is 0 Å². The molecule has 118 valence electrons. The van der Waals surface area contributed by atoms with Crippen molar-refractivity contribution in [3.8, 4) is 0 Å². The molecule has 0 saturated carbocycles. The first kappa shape index (κ1) is 17.4. The first-order valence-corrected chi connectivity index (χ1v) is 6.90. The van der Waals surface area contributed by atoms with Gasteiger partial charge in [0.25, 0.3) is 0 Å². The molecular weight excluding hydrogens is 284 g/mol. The van der Waals surface area contributed by atoms with Gasteiger partial charge in [-0.1, -0.05) is 19.1 Å². The highest BCUT2D eigenvalue weighted by atomic mass is 16.2. The average Bonchev–Trinajstić information content (AvgIpc) is 2.46. The molecule has 0 aliphatic heterocycles. The lowest BCUT2D eigenvalue weighted by atomic mass is 10.2. The second-order valence-corrected chi connectivity index (χ2v) is 4.69. The van der Waals surface area contributed by atoms with E-state index in [1.807, 2.05) is 0 Å². The molecule has 7 nitrogen and oxygen atoms in total. The van der Waals surface area contributed by atoms with E-state index in [2.05, 4.69) is 21.2 Å². The van der Waals surface area contributed by atoms with Gasteiger partial charge in [-0.25, -0.2) is 5.43 Å². The average molecular weight is 304 g/mol. The van der Waals surface area contributed by atoms with E-state index < -0.39 is 0 Å². The summed E-state index contributed by atoms with van der Waals surface area (Å²) in [5.74, 6) is -0.720. The number of anilines is 2. The molecule has 0 bridgehead atoms. The van der Waals surface area contributed by atoms with Gasteiger partial charge in [0.1, 0.15) is 0 Å². The molecule has 3 N–H and O–H groups in total. The van der Waals surface area contributed by atoms with Gasteiger partial charge in [-0.3, -0.25) is 14.4 Å². The summed E-state index contributed by atoms with van der Waals surface area (Å²) < 4.78 is 0. The van der Waals surface area contributed by atoms with Gasteiger partial charge in [0, 0.05) is 19.1 Å². The zero-order valence-corrected chi connectivity index (χ0v) is 12.9. The van der Waals surface area contributed by atoms with Crippen LogP contribution in [0.5, 0.6) is 0 Å². The maximum atomic E-state index is 12.0. The zero-order valence-electron chi connectivity index (χ0n) is 12.9. The van der Waals surface area contributed by atoms with Crippen LogP contribution < -0.4 is 16.1 Å². The van der Waals surface area contributed by atoms with Crippen LogP contribution in [0.2, 0.25) is 0 Å². The fraction of sp³-hybridized carbons (Fsp3) is 0.333. The number of hydrazone groups is 1. The summed E-state index contributed by atoms with van der Waals surface area (Å²) in [6, 6.07) is 6.89. The second kappa shape index (κ2) is 8.56. The van der Waals surface area contributed by atoms with Crippen LogP contribution in [0.4, 0.5) is 11.4 Å². The molecule has 22 heavy (non-hydrogen) atoms. The van der Waals surface area contributed by atoms with Crippen LogP contribution in [0.15, 0.2) is 29.4 Å². The van der Waals surface area contributed by atoms with E-state index in [1.165, 1.54) is 6.92 Å². The Labute approximate surface area is 129 Å². The van der Waals surface area contributed by atoms with E-state index in [0.29, 0.717) is 23.5 Å². The number of rotatable bonds is 6. The van der Waals surface area contributed by atoms with E-state index in [1.54, 1.807) is 38.1 Å². The predicted molar refractivity (Wildman–Crippen MR) is 85.5 cm³/mol. The number of carbonyl (C=O) groups excluding carboxylic acids is 3. The summed E-state index contributed by atoms with van der Waals surface area (Å²) >= 11 is 0. The van der Waals surface area contributed by atoms with Crippen molar-refractivity contribution in [2.24, 2.45) is 5.10 Å². The standard InChI is InChI=1S/C15H20N4O3/c1-4-14(21)19-18-10(2)9-15(22)17-13-8-6-5-7-12(13)16-11(3)20/h5-8H,4,9H2,1-3H3,(H,16,20)(H,17,22)(H,19,21). The molecule has 0 fully saturated rings. The SMILES string of the molecule is CCC(=O)NN=C(C)CC(=O)Nc1ccccc1NC(C)=O. The maximum absolute atomic E-state index is 12.0. The van der Waals surface area contributed by atoms with Crippen LogP contribution in [0.3, 0.4) is 0 Å². The number of benzene rings is 1. The molecular formula is C15H20N4O3. The molecule has 0 aliphatic rings. The lowest BCUT2D eigenvalue weighted by Gasteiger charge is -2.11. The number of carbonyl (C=O) groups is 3. The summed E-state index contributed by atoms with van der Waals surface area (Å²) in [6.07, 6.45) is 0.367. The molecule has 0 radical (unpaired) electrons. The largest absolute Gasteiger partial charge is 0.325 e. The topological polar surface area (TPSA) is 99.7 Å². The van der Waals surface area contributed by atoms with Gasteiger partial charge in [0.2, 0.25) is 17.7 Å². The molecule has 1 aromatic rings. The van der Waals surface area contributed by atoms with Crippen LogP contribution >= 0.6 is 0 Å². The molecule has 7 heteroatoms. The Morgan fingerprint density at radius 3 is 2.14 bits per heavy atom. The van der Waals surface area contributed by atoms with Gasteiger partial charge in [0.05, 0.1) is 17.8 Å². The highest BCUT2D eigenvalue weighted by Crippen LogP contribution is 2.20. The van der Waals surface area contributed by atoms with Crippen molar-refractivity contribution in [2.45, 2.75) is 33.6 Å². The fourth-order valence-electron chi connectivity index (χ4n) is 1.59. The molecule has 0 unspecified atom stereocenters. The van der Waals surface area contributed by atoms with Crippen molar-refractivity contribution in [2.75, 3.05) is 10.6 Å². The van der Waals surface area contributed by atoms with Crippen LogP contribution in [0, 0.1) is 0 Å². The van der Waals surface area contributed by atoms with Crippen LogP contribution in [0.25, 0.3) is 0 Å². The normalized spacial score (nSPS) is 10.8. The number of para-hydroxylation sites is 2. The minimum atomic E-state index is -0.287. The number of hydrogen-bond donors (Lipinski definition) is 3. The Kier molecular flexibility index (Phi) is 6.75. The lowest BCUT2D eigenvalue weighted by Crippen LogP contribution is -2.21. The predicted octanol–water partition coefficient (Wildman–Crippen LogP) is 1.88. The number of nitrogens with zero attached hydrogens (tertiary/aromatic N) is 1. The molecule has 0 atom stereocenters. The second-order valence-electron chi connectivity index (χ2n) is 4.69. The van der Waals surface area contributed by atoms with Crippen molar-refractivity contribution in [1.29, 1.82) is 0 Å². The van der Waals surface area contributed by atoms with Crippen molar-refractivity contribution in [3.63, 3.8) is 0 Å². The summed E-state index contributed by atoms with van der Waals surface area (Å²) in [5.41, 5.74) is 3.87. The monoisotopic (exact) mass is 304 g/mol. The summed E-state index contributed by atoms with van der Waals surface area (Å²) in [6.45, 7) is 4.76. The van der Waals surface area contributed by atoms with Gasteiger partial charge in [-0.2, -0.15) is 5.10 Å². The van der Waals surface area contributed by atoms with Crippen LogP contribution in [0.1, 0.15) is 33.6 Å². The molecule has 1 rings (SSSR count). The summed E-state index contributed by atoms with van der Waals surface area (Å²) in [4.78, 5) is 34.2. The van der Waals surface area contributed by atoms with Crippen LogP contribution in [-0.4, -0.2) is 23.4 Å². The van der Waals surface area contributed by atoms with Gasteiger partial charge in [-0.05, 0) is 19.1 Å². The van der Waals surface area contributed by atoms with E-state index in [4.69, 9.17) is 0 Å². The van der Waals surface area contributed by atoms with Crippen molar-refractivity contribution in [3.05, 3.63) is 24.3 Å². The Bertz CT molecular complexity index is 596. The smallest absolute Gasteiger partial charge is 0.239 e. The minimum Gasteiger partial charge on any atom is -0.325 e. The minimum absolute atomic E-state index is 0.0401. The fourth-order valence-corrected chi connectivity index (χ4v) is 1.59. The molecule has 0 heterocycles. The van der Waals surface area contributed by atoms with Gasteiger partial charge < -0.3 is 10.6 Å². The summed E-state index contributed by atoms with van der Waals surface area (Å²) in [7, 11) is 0. The lowest BCUT2D eigenvalue weighted by molar-refractivity contribution is -0.121. The highest BCUT2D eigenvalue weighted by Gasteiger charge is 2.09. The third-order valence-electron chi connectivity index (χ3n) is 2.62.